The number of ether oxygens (including phenoxy) is 1. The third kappa shape index (κ3) is 5.73. The molecular formula is C6H8F6O. The van der Waals surface area contributed by atoms with Crippen LogP contribution in [0.25, 0.3) is 0 Å². The second-order valence-corrected chi connectivity index (χ2v) is 2.58. The van der Waals surface area contributed by atoms with E-state index in [0.29, 0.717) is 6.92 Å². The van der Waals surface area contributed by atoms with Gasteiger partial charge in [0.2, 0.25) is 5.92 Å². The SMILES string of the molecule is CC(F)(F)CC(OCF)C(F)(F)F. The Morgan fingerprint density at radius 1 is 1.15 bits per heavy atom. The van der Waals surface area contributed by atoms with Crippen molar-refractivity contribution in [1.82, 2.24) is 0 Å². The first-order chi connectivity index (χ1) is 5.67. The molecule has 1 nitrogen and oxygen atoms in total. The van der Waals surface area contributed by atoms with E-state index in [1.807, 2.05) is 0 Å². The molecule has 0 heterocycles. The van der Waals surface area contributed by atoms with Crippen LogP contribution in [-0.2, 0) is 4.74 Å². The Morgan fingerprint density at radius 2 is 1.62 bits per heavy atom. The summed E-state index contributed by atoms with van der Waals surface area (Å²) in [5.41, 5.74) is 0. The standard InChI is InChI=1S/C6H8F6O/c1-5(8,9)2-4(13-3-7)6(10,11)12/h4H,2-3H2,1H3. The van der Waals surface area contributed by atoms with Gasteiger partial charge in [0.25, 0.3) is 0 Å². The fraction of sp³-hybridized carbons (Fsp3) is 1.00. The van der Waals surface area contributed by atoms with Crippen molar-refractivity contribution in [2.24, 2.45) is 0 Å². The fourth-order valence-corrected chi connectivity index (χ4v) is 0.671. The Hall–Kier alpha value is -0.460. The zero-order chi connectivity index (χ0) is 10.7. The first-order valence-corrected chi connectivity index (χ1v) is 3.29. The molecular weight excluding hydrogens is 202 g/mol. The molecule has 0 aliphatic heterocycles. The number of rotatable bonds is 4. The van der Waals surface area contributed by atoms with E-state index in [-0.39, 0.29) is 0 Å². The van der Waals surface area contributed by atoms with Crippen LogP contribution in [0.1, 0.15) is 13.3 Å². The van der Waals surface area contributed by atoms with Crippen molar-refractivity contribution < 1.29 is 31.1 Å². The highest BCUT2D eigenvalue weighted by atomic mass is 19.4. The van der Waals surface area contributed by atoms with E-state index in [4.69, 9.17) is 0 Å². The van der Waals surface area contributed by atoms with Crippen molar-refractivity contribution in [3.05, 3.63) is 0 Å². The Bertz CT molecular complexity index is 148. The van der Waals surface area contributed by atoms with Gasteiger partial charge in [0.1, 0.15) is 0 Å². The second-order valence-electron chi connectivity index (χ2n) is 2.58. The van der Waals surface area contributed by atoms with E-state index in [1.54, 1.807) is 0 Å². The minimum atomic E-state index is -4.97. The first kappa shape index (κ1) is 12.5. The van der Waals surface area contributed by atoms with E-state index in [0.717, 1.165) is 0 Å². The van der Waals surface area contributed by atoms with E-state index in [1.165, 1.54) is 0 Å². The third-order valence-electron chi connectivity index (χ3n) is 1.17. The summed E-state index contributed by atoms with van der Waals surface area (Å²) >= 11 is 0. The van der Waals surface area contributed by atoms with E-state index in [9.17, 15) is 26.3 Å². The lowest BCUT2D eigenvalue weighted by atomic mass is 10.1. The maximum Gasteiger partial charge on any atom is 0.414 e. The highest BCUT2D eigenvalue weighted by molar-refractivity contribution is 4.74. The van der Waals surface area contributed by atoms with Gasteiger partial charge < -0.3 is 4.74 Å². The minimum Gasteiger partial charge on any atom is -0.338 e. The predicted octanol–water partition coefficient (Wildman–Crippen LogP) is 2.91. The van der Waals surface area contributed by atoms with Gasteiger partial charge in [0.15, 0.2) is 13.0 Å². The molecule has 0 aromatic carbocycles. The van der Waals surface area contributed by atoms with Crippen molar-refractivity contribution in [3.63, 3.8) is 0 Å². The summed E-state index contributed by atoms with van der Waals surface area (Å²) in [4.78, 5) is 0. The molecule has 0 spiro atoms. The monoisotopic (exact) mass is 210 g/mol. The van der Waals surface area contributed by atoms with Gasteiger partial charge in [-0.15, -0.1) is 0 Å². The summed E-state index contributed by atoms with van der Waals surface area (Å²) in [5.74, 6) is -3.53. The van der Waals surface area contributed by atoms with Gasteiger partial charge in [-0.1, -0.05) is 0 Å². The van der Waals surface area contributed by atoms with Crippen LogP contribution in [-0.4, -0.2) is 25.1 Å². The number of hydrogen-bond donors (Lipinski definition) is 0. The highest BCUT2D eigenvalue weighted by Gasteiger charge is 2.45. The summed E-state index contributed by atoms with van der Waals surface area (Å²) in [6.45, 7) is -1.42. The second kappa shape index (κ2) is 4.17. The van der Waals surface area contributed by atoms with Gasteiger partial charge in [-0.05, 0) is 6.92 Å². The Morgan fingerprint density at radius 3 is 1.85 bits per heavy atom. The molecule has 0 bridgehead atoms. The molecule has 1 unspecified atom stereocenters. The topological polar surface area (TPSA) is 9.23 Å². The maximum atomic E-state index is 12.1. The molecule has 80 valence electrons. The predicted molar refractivity (Wildman–Crippen MR) is 32.1 cm³/mol. The van der Waals surface area contributed by atoms with Crippen molar-refractivity contribution in [3.8, 4) is 0 Å². The molecule has 1 atom stereocenters. The largest absolute Gasteiger partial charge is 0.414 e. The van der Waals surface area contributed by atoms with Crippen molar-refractivity contribution >= 4 is 0 Å². The van der Waals surface area contributed by atoms with Crippen LogP contribution in [0.2, 0.25) is 0 Å². The quantitative estimate of drug-likeness (QED) is 0.648. The van der Waals surface area contributed by atoms with Crippen molar-refractivity contribution in [2.75, 3.05) is 6.86 Å². The Labute approximate surface area is 70.7 Å². The van der Waals surface area contributed by atoms with Crippen LogP contribution in [0.15, 0.2) is 0 Å². The van der Waals surface area contributed by atoms with E-state index >= 15 is 0 Å². The summed E-state index contributed by atoms with van der Waals surface area (Å²) in [7, 11) is 0. The average Bonchev–Trinajstić information content (AvgIpc) is 1.81. The van der Waals surface area contributed by atoms with Crippen LogP contribution in [0.3, 0.4) is 0 Å². The molecule has 0 aliphatic carbocycles. The zero-order valence-corrected chi connectivity index (χ0v) is 6.67. The highest BCUT2D eigenvalue weighted by Crippen LogP contribution is 2.31. The average molecular weight is 210 g/mol. The molecule has 0 fully saturated rings. The van der Waals surface area contributed by atoms with Crippen LogP contribution >= 0.6 is 0 Å². The molecule has 0 radical (unpaired) electrons. The molecule has 13 heavy (non-hydrogen) atoms. The van der Waals surface area contributed by atoms with Crippen LogP contribution in [0.5, 0.6) is 0 Å². The molecule has 0 aromatic rings. The Kier molecular flexibility index (Phi) is 4.02. The summed E-state index contributed by atoms with van der Waals surface area (Å²) < 4.78 is 74.6. The van der Waals surface area contributed by atoms with Gasteiger partial charge in [0, 0.05) is 6.42 Å². The van der Waals surface area contributed by atoms with Gasteiger partial charge >= 0.3 is 6.18 Å². The summed E-state index contributed by atoms with van der Waals surface area (Å²) in [6, 6.07) is 0. The van der Waals surface area contributed by atoms with Crippen LogP contribution in [0.4, 0.5) is 26.3 Å². The fourth-order valence-electron chi connectivity index (χ4n) is 0.671. The normalized spacial score (nSPS) is 15.9. The molecule has 7 heteroatoms. The Balaban J connectivity index is 4.27. The first-order valence-electron chi connectivity index (χ1n) is 3.29. The van der Waals surface area contributed by atoms with Crippen LogP contribution < -0.4 is 0 Å². The molecule has 0 N–H and O–H groups in total. The molecule has 0 amide bonds. The lowest BCUT2D eigenvalue weighted by Gasteiger charge is -2.21. The summed E-state index contributed by atoms with van der Waals surface area (Å²) in [6.07, 6.45) is -9.29. The number of halogens is 6. The lowest BCUT2D eigenvalue weighted by molar-refractivity contribution is -0.245. The van der Waals surface area contributed by atoms with Gasteiger partial charge in [-0.25, -0.2) is 13.2 Å². The third-order valence-corrected chi connectivity index (χ3v) is 1.17. The molecule has 0 aliphatic rings. The molecule has 0 saturated carbocycles. The molecule has 0 saturated heterocycles. The minimum absolute atomic E-state index is 0.313. The van der Waals surface area contributed by atoms with Crippen molar-refractivity contribution in [2.45, 2.75) is 31.5 Å². The lowest BCUT2D eigenvalue weighted by Crippen LogP contribution is -2.36. The van der Waals surface area contributed by atoms with Crippen LogP contribution in [0, 0.1) is 0 Å². The van der Waals surface area contributed by atoms with Gasteiger partial charge in [0.05, 0.1) is 0 Å². The van der Waals surface area contributed by atoms with Gasteiger partial charge in [-0.3, -0.25) is 0 Å². The number of hydrogen-bond acceptors (Lipinski definition) is 1. The number of alkyl halides is 6. The smallest absolute Gasteiger partial charge is 0.338 e. The van der Waals surface area contributed by atoms with Gasteiger partial charge in [-0.2, -0.15) is 13.2 Å². The van der Waals surface area contributed by atoms with Crippen molar-refractivity contribution in [1.29, 1.82) is 0 Å². The van der Waals surface area contributed by atoms with E-state index < -0.39 is 31.5 Å². The van der Waals surface area contributed by atoms with E-state index in [2.05, 4.69) is 4.74 Å². The summed E-state index contributed by atoms with van der Waals surface area (Å²) in [5, 5.41) is 0. The maximum absolute atomic E-state index is 12.1. The molecule has 0 rings (SSSR count). The zero-order valence-electron chi connectivity index (χ0n) is 6.67. The molecule has 0 aromatic heterocycles.